The number of anilines is 1. The van der Waals surface area contributed by atoms with E-state index >= 15 is 0 Å². The Morgan fingerprint density at radius 2 is 2.04 bits per heavy atom. The fraction of sp³-hybridized carbons (Fsp3) is 0.316. The van der Waals surface area contributed by atoms with Crippen molar-refractivity contribution in [2.75, 3.05) is 5.32 Å². The molecule has 1 atom stereocenters. The molecule has 24 heavy (non-hydrogen) atoms. The van der Waals surface area contributed by atoms with Crippen LogP contribution in [-0.4, -0.2) is 4.98 Å². The number of unbranched alkanes of at least 4 members (excludes halogenated alkanes) is 1. The topological polar surface area (TPSA) is 54.8 Å². The Morgan fingerprint density at radius 3 is 2.83 bits per heavy atom. The van der Waals surface area contributed by atoms with Gasteiger partial charge in [0.15, 0.2) is 0 Å². The number of aromatic nitrogens is 2. The molecule has 0 amide bonds. The molecule has 3 rings (SSSR count). The zero-order chi connectivity index (χ0) is 17.1. The number of hydrogen-bond acceptors (Lipinski definition) is 2. The van der Waals surface area contributed by atoms with Crippen LogP contribution in [0.3, 0.4) is 0 Å². The molecule has 0 aliphatic carbocycles. The Morgan fingerprint density at radius 1 is 1.25 bits per heavy atom. The van der Waals surface area contributed by atoms with E-state index in [1.165, 1.54) is 6.07 Å². The average molecular weight is 344 g/mol. The molecule has 2 N–H and O–H groups in total. The summed E-state index contributed by atoms with van der Waals surface area (Å²) in [6.45, 7) is 5.08. The van der Waals surface area contributed by atoms with Gasteiger partial charge in [-0.15, -0.1) is 5.75 Å². The van der Waals surface area contributed by atoms with Crippen molar-refractivity contribution < 1.29 is 9.67 Å². The van der Waals surface area contributed by atoms with Gasteiger partial charge in [-0.05, 0) is 43.2 Å². The quantitative estimate of drug-likeness (QED) is 0.660. The van der Waals surface area contributed by atoms with Crippen LogP contribution in [0.2, 0.25) is 5.02 Å². The molecule has 3 aromatic rings. The number of H-pyrrole nitrogens is 1. The second-order valence-electron chi connectivity index (χ2n) is 6.04. The van der Waals surface area contributed by atoms with Crippen LogP contribution >= 0.6 is 11.6 Å². The number of halogens is 1. The summed E-state index contributed by atoms with van der Waals surface area (Å²) in [5.41, 5.74) is 2.91. The molecule has 0 saturated carbocycles. The number of para-hydroxylation sites is 2. The predicted octanol–water partition coefficient (Wildman–Crippen LogP) is 4.16. The van der Waals surface area contributed by atoms with Gasteiger partial charge < -0.3 is 5.11 Å². The smallest absolute Gasteiger partial charge is 0.356 e. The first kappa shape index (κ1) is 16.7. The van der Waals surface area contributed by atoms with Gasteiger partial charge in [0.1, 0.15) is 11.0 Å². The number of imidazole rings is 1. The predicted molar refractivity (Wildman–Crippen MR) is 96.3 cm³/mol. The lowest BCUT2D eigenvalue weighted by molar-refractivity contribution is -0.657. The van der Waals surface area contributed by atoms with E-state index in [2.05, 4.69) is 33.9 Å². The lowest BCUT2D eigenvalue weighted by atomic mass is 10.1. The number of nitrogens with one attached hydrogen (secondary N) is 2. The van der Waals surface area contributed by atoms with Crippen molar-refractivity contribution >= 4 is 28.6 Å². The summed E-state index contributed by atoms with van der Waals surface area (Å²) in [4.78, 5) is 3.42. The summed E-state index contributed by atoms with van der Waals surface area (Å²) in [5, 5.41) is 16.1. The minimum Gasteiger partial charge on any atom is -0.872 e. The SMILES string of the molecule is CCCC[n+]1c(NC(C)c2cc(Cl)ccc2[O-])[nH]c2ccccc21. The summed E-state index contributed by atoms with van der Waals surface area (Å²) >= 11 is 6.05. The number of rotatable bonds is 6. The fourth-order valence-corrected chi connectivity index (χ4v) is 3.11. The molecule has 1 unspecified atom stereocenters. The number of benzene rings is 2. The molecular weight excluding hydrogens is 322 g/mol. The van der Waals surface area contributed by atoms with Gasteiger partial charge in [0.2, 0.25) is 0 Å². The van der Waals surface area contributed by atoms with Crippen molar-refractivity contribution in [2.24, 2.45) is 0 Å². The monoisotopic (exact) mass is 343 g/mol. The molecule has 1 heterocycles. The highest BCUT2D eigenvalue weighted by Crippen LogP contribution is 2.27. The lowest BCUT2D eigenvalue weighted by Crippen LogP contribution is -2.36. The number of aromatic amines is 1. The molecule has 126 valence electrons. The lowest BCUT2D eigenvalue weighted by Gasteiger charge is -2.18. The molecule has 2 aromatic carbocycles. The minimum absolute atomic E-state index is 0.00406. The van der Waals surface area contributed by atoms with E-state index in [1.807, 2.05) is 19.1 Å². The van der Waals surface area contributed by atoms with Gasteiger partial charge in [0.25, 0.3) is 0 Å². The van der Waals surface area contributed by atoms with Crippen LogP contribution in [-0.2, 0) is 6.54 Å². The molecule has 4 nitrogen and oxygen atoms in total. The minimum atomic E-state index is -0.142. The van der Waals surface area contributed by atoms with Crippen LogP contribution in [0.4, 0.5) is 5.95 Å². The van der Waals surface area contributed by atoms with E-state index in [4.69, 9.17) is 11.6 Å². The molecule has 0 bridgehead atoms. The molecule has 0 radical (unpaired) electrons. The van der Waals surface area contributed by atoms with Crippen molar-refractivity contribution in [3.63, 3.8) is 0 Å². The summed E-state index contributed by atoms with van der Waals surface area (Å²) in [7, 11) is 0. The third-order valence-corrected chi connectivity index (χ3v) is 4.48. The average Bonchev–Trinajstić information content (AvgIpc) is 2.92. The first-order valence-electron chi connectivity index (χ1n) is 8.33. The third-order valence-electron chi connectivity index (χ3n) is 4.24. The Kier molecular flexibility index (Phi) is 4.95. The first-order valence-corrected chi connectivity index (χ1v) is 8.71. The van der Waals surface area contributed by atoms with Crippen LogP contribution in [0.1, 0.15) is 38.3 Å². The van der Waals surface area contributed by atoms with E-state index in [0.29, 0.717) is 10.6 Å². The second kappa shape index (κ2) is 7.14. The Balaban J connectivity index is 1.95. The highest BCUT2D eigenvalue weighted by molar-refractivity contribution is 6.30. The zero-order valence-electron chi connectivity index (χ0n) is 14.0. The molecule has 0 fully saturated rings. The van der Waals surface area contributed by atoms with E-state index < -0.39 is 0 Å². The Hall–Kier alpha value is -2.20. The molecule has 1 aromatic heterocycles. The molecule has 0 saturated heterocycles. The van der Waals surface area contributed by atoms with Gasteiger partial charge in [0, 0.05) is 5.02 Å². The van der Waals surface area contributed by atoms with Crippen LogP contribution in [0.5, 0.6) is 5.75 Å². The van der Waals surface area contributed by atoms with Gasteiger partial charge in [-0.3, -0.25) is 5.32 Å². The second-order valence-corrected chi connectivity index (χ2v) is 6.48. The Bertz CT molecular complexity index is 844. The highest BCUT2D eigenvalue weighted by atomic mass is 35.5. The third kappa shape index (κ3) is 3.34. The summed E-state index contributed by atoms with van der Waals surface area (Å²) in [6.07, 6.45) is 2.22. The van der Waals surface area contributed by atoms with Gasteiger partial charge in [-0.2, -0.15) is 0 Å². The zero-order valence-corrected chi connectivity index (χ0v) is 14.7. The normalized spacial score (nSPS) is 12.5. The van der Waals surface area contributed by atoms with Crippen molar-refractivity contribution in [3.05, 3.63) is 53.1 Å². The molecule has 0 spiro atoms. The van der Waals surface area contributed by atoms with Crippen molar-refractivity contribution in [1.82, 2.24) is 4.98 Å². The summed E-state index contributed by atoms with van der Waals surface area (Å²) in [6, 6.07) is 13.0. The largest absolute Gasteiger partial charge is 0.872 e. The maximum Gasteiger partial charge on any atom is 0.356 e. The molecule has 0 aliphatic heterocycles. The fourth-order valence-electron chi connectivity index (χ4n) is 2.93. The number of nitrogens with zero attached hydrogens (tertiary/aromatic N) is 1. The summed E-state index contributed by atoms with van der Waals surface area (Å²) < 4.78 is 2.24. The Labute approximate surface area is 147 Å². The highest BCUT2D eigenvalue weighted by Gasteiger charge is 2.20. The van der Waals surface area contributed by atoms with Crippen LogP contribution in [0.25, 0.3) is 11.0 Å². The maximum atomic E-state index is 12.1. The van der Waals surface area contributed by atoms with E-state index in [-0.39, 0.29) is 11.8 Å². The maximum absolute atomic E-state index is 12.1. The molecule has 0 aliphatic rings. The van der Waals surface area contributed by atoms with E-state index in [9.17, 15) is 5.11 Å². The van der Waals surface area contributed by atoms with E-state index in [1.54, 1.807) is 12.1 Å². The first-order chi connectivity index (χ1) is 11.6. The molecule has 5 heteroatoms. The van der Waals surface area contributed by atoms with E-state index in [0.717, 1.165) is 36.4 Å². The van der Waals surface area contributed by atoms with Gasteiger partial charge in [-0.25, -0.2) is 9.55 Å². The van der Waals surface area contributed by atoms with Crippen molar-refractivity contribution in [2.45, 2.75) is 39.3 Å². The summed E-state index contributed by atoms with van der Waals surface area (Å²) in [5.74, 6) is 0.909. The van der Waals surface area contributed by atoms with Gasteiger partial charge >= 0.3 is 5.95 Å². The van der Waals surface area contributed by atoms with Crippen LogP contribution in [0.15, 0.2) is 42.5 Å². The number of aryl methyl sites for hydroxylation is 1. The van der Waals surface area contributed by atoms with Crippen LogP contribution in [0, 0.1) is 0 Å². The van der Waals surface area contributed by atoms with Gasteiger partial charge in [-0.1, -0.05) is 43.1 Å². The number of hydrogen-bond donors (Lipinski definition) is 2. The van der Waals surface area contributed by atoms with Crippen LogP contribution < -0.4 is 15.0 Å². The number of fused-ring (bicyclic) bond motifs is 1. The van der Waals surface area contributed by atoms with Crippen molar-refractivity contribution in [1.29, 1.82) is 0 Å². The standard InChI is InChI=1S/C19H22ClN3O/c1-3-4-11-23-17-8-6-5-7-16(17)22-19(23)21-13(2)15-12-14(20)9-10-18(15)24/h5-10,12-13H,3-4,11H2,1-2H3,(H2,21,22,24). The molecular formula is C19H22ClN3O. The van der Waals surface area contributed by atoms with Crippen molar-refractivity contribution in [3.8, 4) is 5.75 Å². The van der Waals surface area contributed by atoms with Gasteiger partial charge in [0.05, 0.1) is 12.6 Å².